The first kappa shape index (κ1) is 10.1. The van der Waals surface area contributed by atoms with E-state index < -0.39 is 0 Å². The van der Waals surface area contributed by atoms with E-state index in [1.54, 1.807) is 0 Å². The second-order valence-corrected chi connectivity index (χ2v) is 3.30. The highest BCUT2D eigenvalue weighted by atomic mass is 28.2. The largest absolute Gasteiger partial charge is 0.302 e. The van der Waals surface area contributed by atoms with Gasteiger partial charge in [-0.3, -0.25) is 4.58 Å². The molecule has 0 unspecified atom stereocenters. The number of hydrogen-bond donors (Lipinski definition) is 0. The molecule has 0 heterocycles. The van der Waals surface area contributed by atoms with E-state index in [0.29, 0.717) is 11.8 Å². The van der Waals surface area contributed by atoms with Gasteiger partial charge in [0.25, 0.3) is 0 Å². The SMILES string of the molecule is CC(C)C(OO[Si])C(C)C. The van der Waals surface area contributed by atoms with Gasteiger partial charge in [0.15, 0.2) is 0 Å². The first-order chi connectivity index (χ1) is 4.59. The van der Waals surface area contributed by atoms with Gasteiger partial charge in [-0.15, -0.1) is 0 Å². The lowest BCUT2D eigenvalue weighted by molar-refractivity contribution is -0.264. The molecule has 3 heteroatoms. The second kappa shape index (κ2) is 4.88. The van der Waals surface area contributed by atoms with Crippen molar-refractivity contribution < 1.29 is 9.46 Å². The Kier molecular flexibility index (Phi) is 4.94. The summed E-state index contributed by atoms with van der Waals surface area (Å²) in [4.78, 5) is 4.98. The Bertz CT molecular complexity index is 75.7. The minimum atomic E-state index is 0.164. The van der Waals surface area contributed by atoms with Crippen molar-refractivity contribution in [3.63, 3.8) is 0 Å². The van der Waals surface area contributed by atoms with E-state index in [-0.39, 0.29) is 6.10 Å². The van der Waals surface area contributed by atoms with E-state index >= 15 is 0 Å². The zero-order valence-corrected chi connectivity index (χ0v) is 8.05. The molecule has 0 N–H and O–H groups in total. The molecule has 0 aromatic heterocycles. The lowest BCUT2D eigenvalue weighted by Crippen LogP contribution is -2.25. The smallest absolute Gasteiger partial charge is 0.288 e. The third-order valence-corrected chi connectivity index (χ3v) is 1.57. The topological polar surface area (TPSA) is 18.5 Å². The van der Waals surface area contributed by atoms with E-state index in [4.69, 9.17) is 4.89 Å². The highest BCUT2D eigenvalue weighted by molar-refractivity contribution is 5.97. The van der Waals surface area contributed by atoms with Crippen molar-refractivity contribution in [2.24, 2.45) is 11.8 Å². The Hall–Kier alpha value is 0.137. The maximum absolute atomic E-state index is 4.98. The van der Waals surface area contributed by atoms with E-state index in [1.807, 2.05) is 0 Å². The average molecular weight is 159 g/mol. The molecule has 0 aliphatic heterocycles. The van der Waals surface area contributed by atoms with Gasteiger partial charge in [0.05, 0.1) is 6.10 Å². The number of rotatable bonds is 4. The summed E-state index contributed by atoms with van der Waals surface area (Å²) in [6.07, 6.45) is 0.164. The maximum atomic E-state index is 4.98. The van der Waals surface area contributed by atoms with Crippen molar-refractivity contribution in [2.45, 2.75) is 33.8 Å². The van der Waals surface area contributed by atoms with E-state index in [0.717, 1.165) is 0 Å². The molecule has 0 saturated heterocycles. The van der Waals surface area contributed by atoms with Gasteiger partial charge in [-0.2, -0.15) is 0 Å². The fourth-order valence-electron chi connectivity index (χ4n) is 1.05. The number of hydrogen-bond acceptors (Lipinski definition) is 2. The molecule has 0 atom stereocenters. The minimum absolute atomic E-state index is 0.164. The summed E-state index contributed by atoms with van der Waals surface area (Å²) in [5, 5.41) is 0. The summed E-state index contributed by atoms with van der Waals surface area (Å²) in [6, 6.07) is 0. The zero-order valence-electron chi connectivity index (χ0n) is 7.05. The first-order valence-electron chi connectivity index (χ1n) is 3.58. The molecular weight excluding hydrogens is 144 g/mol. The summed E-state index contributed by atoms with van der Waals surface area (Å²) in [5.74, 6) is 0.965. The van der Waals surface area contributed by atoms with Crippen LogP contribution in [-0.4, -0.2) is 16.6 Å². The van der Waals surface area contributed by atoms with Gasteiger partial charge < -0.3 is 0 Å². The van der Waals surface area contributed by atoms with Crippen LogP contribution in [0.3, 0.4) is 0 Å². The lowest BCUT2D eigenvalue weighted by atomic mass is 9.97. The highest BCUT2D eigenvalue weighted by Crippen LogP contribution is 2.15. The third kappa shape index (κ3) is 3.34. The van der Waals surface area contributed by atoms with Gasteiger partial charge in [-0.25, -0.2) is 4.89 Å². The molecule has 3 radical (unpaired) electrons. The fraction of sp³-hybridized carbons (Fsp3) is 1.00. The molecule has 10 heavy (non-hydrogen) atoms. The van der Waals surface area contributed by atoms with Crippen LogP contribution >= 0.6 is 0 Å². The second-order valence-electron chi connectivity index (χ2n) is 3.13. The fourth-order valence-corrected chi connectivity index (χ4v) is 1.16. The van der Waals surface area contributed by atoms with Gasteiger partial charge in [-0.05, 0) is 11.8 Å². The van der Waals surface area contributed by atoms with Crippen molar-refractivity contribution >= 4 is 10.5 Å². The predicted molar refractivity (Wildman–Crippen MR) is 41.4 cm³/mol. The molecular formula is C7H15O2Si. The molecule has 0 rings (SSSR count). The summed E-state index contributed by atoms with van der Waals surface area (Å²) in [5.41, 5.74) is 0. The van der Waals surface area contributed by atoms with Crippen LogP contribution in [-0.2, 0) is 9.46 Å². The molecule has 59 valence electrons. The molecule has 0 spiro atoms. The van der Waals surface area contributed by atoms with Crippen molar-refractivity contribution in [3.05, 3.63) is 0 Å². The first-order valence-corrected chi connectivity index (χ1v) is 3.99. The normalized spacial score (nSPS) is 12.0. The van der Waals surface area contributed by atoms with Crippen molar-refractivity contribution in [3.8, 4) is 0 Å². The zero-order chi connectivity index (χ0) is 8.15. The summed E-state index contributed by atoms with van der Waals surface area (Å²) >= 11 is 0. The third-order valence-electron chi connectivity index (χ3n) is 1.47. The minimum Gasteiger partial charge on any atom is -0.288 e. The Labute approximate surface area is 66.4 Å². The Morgan fingerprint density at radius 1 is 1.00 bits per heavy atom. The van der Waals surface area contributed by atoms with Crippen molar-refractivity contribution in [1.82, 2.24) is 0 Å². The van der Waals surface area contributed by atoms with Gasteiger partial charge >= 0.3 is 10.5 Å². The van der Waals surface area contributed by atoms with Crippen LogP contribution in [0.4, 0.5) is 0 Å². The van der Waals surface area contributed by atoms with Gasteiger partial charge in [0, 0.05) is 0 Å². The molecule has 0 amide bonds. The highest BCUT2D eigenvalue weighted by Gasteiger charge is 2.18. The Balaban J connectivity index is 3.73. The molecule has 0 bridgehead atoms. The lowest BCUT2D eigenvalue weighted by Gasteiger charge is -2.22. The molecule has 0 saturated carbocycles. The van der Waals surface area contributed by atoms with Crippen molar-refractivity contribution in [2.75, 3.05) is 0 Å². The van der Waals surface area contributed by atoms with Gasteiger partial charge in [0.2, 0.25) is 0 Å². The molecule has 0 aliphatic rings. The molecule has 2 nitrogen and oxygen atoms in total. The quantitative estimate of drug-likeness (QED) is 0.353. The summed E-state index contributed by atoms with van der Waals surface area (Å²) in [6.45, 7) is 8.43. The Morgan fingerprint density at radius 2 is 1.40 bits per heavy atom. The van der Waals surface area contributed by atoms with Crippen LogP contribution in [0.15, 0.2) is 0 Å². The van der Waals surface area contributed by atoms with Gasteiger partial charge in [0.1, 0.15) is 0 Å². The average Bonchev–Trinajstić information content (AvgIpc) is 1.81. The standard InChI is InChI=1S/C7H15O2Si/c1-5(2)7(6(3)4)8-9-10/h5-7H,1-4H3. The van der Waals surface area contributed by atoms with E-state index in [2.05, 4.69) is 42.8 Å². The van der Waals surface area contributed by atoms with Crippen LogP contribution in [0.1, 0.15) is 27.7 Å². The van der Waals surface area contributed by atoms with Crippen LogP contribution in [0.25, 0.3) is 0 Å². The molecule has 0 aliphatic carbocycles. The van der Waals surface area contributed by atoms with Crippen LogP contribution < -0.4 is 0 Å². The van der Waals surface area contributed by atoms with Gasteiger partial charge in [-0.1, -0.05) is 27.7 Å². The molecule has 0 aromatic rings. The van der Waals surface area contributed by atoms with Crippen LogP contribution in [0.5, 0.6) is 0 Å². The predicted octanol–water partition coefficient (Wildman–Crippen LogP) is 1.70. The van der Waals surface area contributed by atoms with Crippen molar-refractivity contribution in [1.29, 1.82) is 0 Å². The summed E-state index contributed by atoms with van der Waals surface area (Å²) < 4.78 is 4.43. The van der Waals surface area contributed by atoms with Crippen LogP contribution in [0, 0.1) is 11.8 Å². The molecule has 0 aromatic carbocycles. The van der Waals surface area contributed by atoms with E-state index in [9.17, 15) is 0 Å². The molecule has 0 fully saturated rings. The maximum Gasteiger partial charge on any atom is 0.302 e. The van der Waals surface area contributed by atoms with E-state index in [1.165, 1.54) is 0 Å². The summed E-state index contributed by atoms with van der Waals surface area (Å²) in [7, 11) is 2.81. The monoisotopic (exact) mass is 159 g/mol. The van der Waals surface area contributed by atoms with Crippen LogP contribution in [0.2, 0.25) is 0 Å². The Morgan fingerprint density at radius 3 is 1.50 bits per heavy atom.